The average molecular weight is 498 g/mol. The van der Waals surface area contributed by atoms with Crippen molar-refractivity contribution >= 4 is 21.9 Å². The Kier molecular flexibility index (Phi) is 7.34. The molecule has 3 heterocycles. The largest absolute Gasteiger partial charge is 0.341 e. The van der Waals surface area contributed by atoms with Crippen LogP contribution in [0.5, 0.6) is 0 Å². The fraction of sp³-hybridized carbons (Fsp3) is 0.577. The van der Waals surface area contributed by atoms with Crippen LogP contribution in [0.25, 0.3) is 0 Å². The highest BCUT2D eigenvalue weighted by atomic mass is 32.2. The molecule has 3 fully saturated rings. The van der Waals surface area contributed by atoms with Crippen LogP contribution in [0.3, 0.4) is 0 Å². The van der Waals surface area contributed by atoms with Gasteiger partial charge in [-0.05, 0) is 55.4 Å². The molecule has 1 aromatic carbocycles. The summed E-state index contributed by atoms with van der Waals surface area (Å²) in [6, 6.07) is 9.32. The average Bonchev–Trinajstić information content (AvgIpc) is 2.94. The third kappa shape index (κ3) is 5.35. The van der Waals surface area contributed by atoms with E-state index in [9.17, 15) is 13.2 Å². The summed E-state index contributed by atoms with van der Waals surface area (Å²) in [6.45, 7) is 3.09. The van der Waals surface area contributed by atoms with Crippen LogP contribution in [-0.2, 0) is 14.8 Å². The van der Waals surface area contributed by atoms with E-state index in [0.29, 0.717) is 42.9 Å². The van der Waals surface area contributed by atoms with Crippen LogP contribution in [0.1, 0.15) is 56.4 Å². The zero-order chi connectivity index (χ0) is 24.3. The molecule has 0 N–H and O–H groups in total. The van der Waals surface area contributed by atoms with Crippen molar-refractivity contribution in [2.45, 2.75) is 55.8 Å². The zero-order valence-corrected chi connectivity index (χ0v) is 21.1. The number of amides is 1. The van der Waals surface area contributed by atoms with Gasteiger partial charge in [-0.1, -0.05) is 31.4 Å². The lowest BCUT2D eigenvalue weighted by atomic mass is 9.84. The van der Waals surface area contributed by atoms with Crippen LogP contribution in [0, 0.1) is 5.92 Å². The lowest BCUT2D eigenvalue weighted by Crippen LogP contribution is -2.52. The van der Waals surface area contributed by atoms with Gasteiger partial charge in [-0.15, -0.1) is 0 Å². The minimum absolute atomic E-state index is 0.0227. The minimum atomic E-state index is -3.55. The number of hydrogen-bond acceptors (Lipinski definition) is 6. The molecular weight excluding hydrogens is 462 g/mol. The van der Waals surface area contributed by atoms with E-state index >= 15 is 0 Å². The first kappa shape index (κ1) is 24.2. The van der Waals surface area contributed by atoms with Crippen LogP contribution >= 0.6 is 0 Å². The van der Waals surface area contributed by atoms with Crippen LogP contribution in [-0.4, -0.2) is 72.8 Å². The molecule has 3 aliphatic rings. The molecular formula is C26H35N5O3S. The smallest absolute Gasteiger partial charge is 0.243 e. The van der Waals surface area contributed by atoms with Crippen LogP contribution < -0.4 is 4.90 Å². The molecule has 188 valence electrons. The van der Waals surface area contributed by atoms with E-state index in [2.05, 4.69) is 14.9 Å². The maximum atomic E-state index is 13.2. The van der Waals surface area contributed by atoms with Crippen molar-refractivity contribution in [1.82, 2.24) is 19.2 Å². The Balaban J connectivity index is 1.14. The van der Waals surface area contributed by atoms with Crippen molar-refractivity contribution in [1.29, 1.82) is 0 Å². The molecule has 2 saturated heterocycles. The van der Waals surface area contributed by atoms with E-state index < -0.39 is 10.0 Å². The highest BCUT2D eigenvalue weighted by Crippen LogP contribution is 2.33. The summed E-state index contributed by atoms with van der Waals surface area (Å²) in [4.78, 5) is 26.0. The van der Waals surface area contributed by atoms with Crippen LogP contribution in [0.15, 0.2) is 47.6 Å². The van der Waals surface area contributed by atoms with E-state index in [4.69, 9.17) is 0 Å². The molecule has 0 unspecified atom stereocenters. The number of anilines is 1. The first-order chi connectivity index (χ1) is 17.0. The van der Waals surface area contributed by atoms with Gasteiger partial charge in [-0.2, -0.15) is 4.31 Å². The molecule has 0 spiro atoms. The second-order valence-corrected chi connectivity index (χ2v) is 11.9. The molecule has 1 amide bonds. The Hall–Kier alpha value is -2.52. The molecule has 8 nitrogen and oxygen atoms in total. The fourth-order valence-corrected chi connectivity index (χ4v) is 7.11. The Morgan fingerprint density at radius 1 is 0.800 bits per heavy atom. The minimum Gasteiger partial charge on any atom is -0.341 e. The van der Waals surface area contributed by atoms with Crippen molar-refractivity contribution in [3.8, 4) is 0 Å². The van der Waals surface area contributed by atoms with Gasteiger partial charge in [0.25, 0.3) is 0 Å². The number of benzene rings is 1. The van der Waals surface area contributed by atoms with Gasteiger partial charge < -0.3 is 9.80 Å². The Labute approximate surface area is 208 Å². The van der Waals surface area contributed by atoms with Crippen molar-refractivity contribution in [3.05, 3.63) is 48.3 Å². The number of rotatable bonds is 5. The van der Waals surface area contributed by atoms with Gasteiger partial charge in [0.15, 0.2) is 0 Å². The van der Waals surface area contributed by atoms with E-state index in [1.165, 1.54) is 42.0 Å². The number of nitrogens with zero attached hydrogens (tertiary/aromatic N) is 5. The molecule has 2 aliphatic heterocycles. The number of carbonyl (C=O) groups is 1. The summed E-state index contributed by atoms with van der Waals surface area (Å²) in [5.74, 6) is 1.39. The highest BCUT2D eigenvalue weighted by Gasteiger charge is 2.34. The topological polar surface area (TPSA) is 86.7 Å². The van der Waals surface area contributed by atoms with E-state index in [0.717, 1.165) is 25.9 Å². The summed E-state index contributed by atoms with van der Waals surface area (Å²) in [7, 11) is -3.55. The quantitative estimate of drug-likeness (QED) is 0.630. The Bertz CT molecular complexity index is 1090. The standard InChI is InChI=1S/C26H35N5O3S/c32-25(23-11-15-30(16-12-23)26-27-13-4-14-28-26)29-17-19-31(20-18-29)35(33,34)24-9-7-22(8-10-24)21-5-2-1-3-6-21/h4,7-10,13-14,21,23H,1-3,5-6,11-12,15-20H2. The van der Waals surface area contributed by atoms with Crippen molar-refractivity contribution < 1.29 is 13.2 Å². The van der Waals surface area contributed by atoms with Crippen LogP contribution in [0.2, 0.25) is 0 Å². The third-order valence-electron chi connectivity index (χ3n) is 7.82. The van der Waals surface area contributed by atoms with E-state index in [1.54, 1.807) is 30.6 Å². The normalized spacial score (nSPS) is 21.3. The SMILES string of the molecule is O=C(C1CCN(c2ncccn2)CC1)N1CCN(S(=O)(=O)c2ccc(C3CCCCC3)cc2)CC1. The summed E-state index contributed by atoms with van der Waals surface area (Å²) >= 11 is 0. The predicted octanol–water partition coefficient (Wildman–Crippen LogP) is 3.27. The molecule has 35 heavy (non-hydrogen) atoms. The third-order valence-corrected chi connectivity index (χ3v) is 9.74. The van der Waals surface area contributed by atoms with Crippen molar-refractivity contribution in [2.75, 3.05) is 44.2 Å². The summed E-state index contributed by atoms with van der Waals surface area (Å²) in [5.41, 5.74) is 1.25. The van der Waals surface area contributed by atoms with Gasteiger partial charge >= 0.3 is 0 Å². The molecule has 1 aromatic heterocycles. The Morgan fingerprint density at radius 3 is 2.06 bits per heavy atom. The van der Waals surface area contributed by atoms with Gasteiger partial charge in [-0.3, -0.25) is 4.79 Å². The lowest BCUT2D eigenvalue weighted by Gasteiger charge is -2.38. The predicted molar refractivity (Wildman–Crippen MR) is 135 cm³/mol. The first-order valence-corrected chi connectivity index (χ1v) is 14.4. The van der Waals surface area contributed by atoms with E-state index in [-0.39, 0.29) is 11.8 Å². The lowest BCUT2D eigenvalue weighted by molar-refractivity contribution is -0.137. The fourth-order valence-electron chi connectivity index (χ4n) is 5.68. The summed E-state index contributed by atoms with van der Waals surface area (Å²) < 4.78 is 28.0. The van der Waals surface area contributed by atoms with Gasteiger partial charge in [0, 0.05) is 57.6 Å². The molecule has 1 aliphatic carbocycles. The van der Waals surface area contributed by atoms with Gasteiger partial charge in [0.2, 0.25) is 21.9 Å². The van der Waals surface area contributed by atoms with Gasteiger partial charge in [0.05, 0.1) is 4.90 Å². The summed E-state index contributed by atoms with van der Waals surface area (Å²) in [5, 5.41) is 0. The maximum Gasteiger partial charge on any atom is 0.243 e. The number of piperazine rings is 1. The molecule has 0 atom stereocenters. The number of piperidine rings is 1. The van der Waals surface area contributed by atoms with Crippen molar-refractivity contribution in [3.63, 3.8) is 0 Å². The Morgan fingerprint density at radius 2 is 1.43 bits per heavy atom. The van der Waals surface area contributed by atoms with Crippen LogP contribution in [0.4, 0.5) is 5.95 Å². The molecule has 5 rings (SSSR count). The molecule has 1 saturated carbocycles. The summed E-state index contributed by atoms with van der Waals surface area (Å²) in [6.07, 6.45) is 11.2. The first-order valence-electron chi connectivity index (χ1n) is 12.9. The van der Waals surface area contributed by atoms with Crippen molar-refractivity contribution in [2.24, 2.45) is 5.92 Å². The molecule has 0 radical (unpaired) electrons. The zero-order valence-electron chi connectivity index (χ0n) is 20.3. The molecule has 9 heteroatoms. The maximum absolute atomic E-state index is 13.2. The highest BCUT2D eigenvalue weighted by molar-refractivity contribution is 7.89. The number of hydrogen-bond donors (Lipinski definition) is 0. The van der Waals surface area contributed by atoms with E-state index in [1.807, 2.05) is 17.0 Å². The second kappa shape index (κ2) is 10.6. The van der Waals surface area contributed by atoms with Gasteiger partial charge in [0.1, 0.15) is 0 Å². The number of carbonyl (C=O) groups excluding carboxylic acids is 1. The second-order valence-electron chi connectivity index (χ2n) is 9.94. The van der Waals surface area contributed by atoms with Gasteiger partial charge in [-0.25, -0.2) is 18.4 Å². The number of aromatic nitrogens is 2. The molecule has 2 aromatic rings. The molecule has 0 bridgehead atoms. The monoisotopic (exact) mass is 497 g/mol. The number of sulfonamides is 1.